The molecule has 106 valence electrons. The van der Waals surface area contributed by atoms with Crippen LogP contribution >= 0.6 is 15.9 Å². The quantitative estimate of drug-likeness (QED) is 0.813. The van der Waals surface area contributed by atoms with E-state index in [1.165, 1.54) is 6.07 Å². The van der Waals surface area contributed by atoms with Gasteiger partial charge in [-0.1, -0.05) is 41.1 Å². The van der Waals surface area contributed by atoms with Crippen LogP contribution in [0.4, 0.5) is 10.1 Å². The molecule has 0 aromatic heterocycles. The first-order valence-corrected chi connectivity index (χ1v) is 7.29. The molecule has 0 radical (unpaired) electrons. The molecule has 0 aliphatic heterocycles. The van der Waals surface area contributed by atoms with Crippen molar-refractivity contribution in [3.8, 4) is 5.75 Å². The Bertz CT molecular complexity index is 588. The molecule has 1 unspecified atom stereocenters. The number of hydrogen-bond acceptors (Lipinski definition) is 2. The number of hydrogen-bond donors (Lipinski definition) is 1. The first-order chi connectivity index (χ1) is 9.65. The van der Waals surface area contributed by atoms with Crippen LogP contribution in [0.25, 0.3) is 0 Å². The molecule has 4 heteroatoms. The Kier molecular flexibility index (Phi) is 5.01. The van der Waals surface area contributed by atoms with Gasteiger partial charge in [0.1, 0.15) is 11.6 Å². The lowest BCUT2D eigenvalue weighted by atomic mass is 10.0. The van der Waals surface area contributed by atoms with Crippen LogP contribution in [-0.2, 0) is 0 Å². The summed E-state index contributed by atoms with van der Waals surface area (Å²) in [7, 11) is 1.64. The number of para-hydroxylation sites is 1. The van der Waals surface area contributed by atoms with E-state index < -0.39 is 0 Å². The fraction of sp³-hybridized carbons (Fsp3) is 0.250. The molecule has 2 rings (SSSR count). The van der Waals surface area contributed by atoms with Crippen LogP contribution < -0.4 is 10.1 Å². The van der Waals surface area contributed by atoms with E-state index in [1.807, 2.05) is 24.3 Å². The zero-order chi connectivity index (χ0) is 14.5. The van der Waals surface area contributed by atoms with Crippen molar-refractivity contribution in [2.24, 2.45) is 0 Å². The molecule has 0 heterocycles. The first kappa shape index (κ1) is 14.9. The second kappa shape index (κ2) is 6.75. The summed E-state index contributed by atoms with van der Waals surface area (Å²) < 4.78 is 20.1. The minimum absolute atomic E-state index is 0.00468. The van der Waals surface area contributed by atoms with Gasteiger partial charge in [0, 0.05) is 10.0 Å². The molecule has 0 fully saturated rings. The Balaban J connectivity index is 2.31. The predicted molar refractivity (Wildman–Crippen MR) is 83.7 cm³/mol. The van der Waals surface area contributed by atoms with Gasteiger partial charge in [0.2, 0.25) is 0 Å². The second-order valence-corrected chi connectivity index (χ2v) is 5.39. The largest absolute Gasteiger partial charge is 0.496 e. The van der Waals surface area contributed by atoms with Crippen molar-refractivity contribution < 1.29 is 9.13 Å². The first-order valence-electron chi connectivity index (χ1n) is 6.50. The minimum Gasteiger partial charge on any atom is -0.496 e. The van der Waals surface area contributed by atoms with E-state index in [2.05, 4.69) is 28.2 Å². The van der Waals surface area contributed by atoms with E-state index in [1.54, 1.807) is 19.2 Å². The molecule has 0 saturated heterocycles. The van der Waals surface area contributed by atoms with Gasteiger partial charge in [-0.2, -0.15) is 0 Å². The van der Waals surface area contributed by atoms with Crippen LogP contribution in [-0.4, -0.2) is 7.11 Å². The molecular formula is C16H17BrFNO. The SMILES string of the molecule is CCC(Nc1cc(Br)ccc1F)c1ccccc1OC. The summed E-state index contributed by atoms with van der Waals surface area (Å²) in [5.41, 5.74) is 1.51. The summed E-state index contributed by atoms with van der Waals surface area (Å²) in [5.74, 6) is 0.545. The molecule has 0 aliphatic carbocycles. The molecular weight excluding hydrogens is 321 g/mol. The topological polar surface area (TPSA) is 21.3 Å². The molecule has 20 heavy (non-hydrogen) atoms. The van der Waals surface area contributed by atoms with E-state index >= 15 is 0 Å². The standard InChI is InChI=1S/C16H17BrFNO/c1-3-14(12-6-4-5-7-16(12)20-2)19-15-10-11(17)8-9-13(15)18/h4-10,14,19H,3H2,1-2H3. The van der Waals surface area contributed by atoms with Crippen LogP contribution in [0.1, 0.15) is 24.9 Å². The van der Waals surface area contributed by atoms with Crippen LogP contribution in [0.5, 0.6) is 5.75 Å². The lowest BCUT2D eigenvalue weighted by Crippen LogP contribution is -2.12. The third-order valence-corrected chi connectivity index (χ3v) is 3.67. The average Bonchev–Trinajstić information content (AvgIpc) is 2.48. The lowest BCUT2D eigenvalue weighted by molar-refractivity contribution is 0.406. The highest BCUT2D eigenvalue weighted by Gasteiger charge is 2.15. The maximum atomic E-state index is 13.8. The monoisotopic (exact) mass is 337 g/mol. The van der Waals surface area contributed by atoms with Gasteiger partial charge in [-0.15, -0.1) is 0 Å². The summed E-state index contributed by atoms with van der Waals surface area (Å²) in [6.07, 6.45) is 0.826. The molecule has 2 aromatic carbocycles. The van der Waals surface area contributed by atoms with E-state index in [4.69, 9.17) is 4.74 Å². The normalized spacial score (nSPS) is 12.0. The highest BCUT2D eigenvalue weighted by molar-refractivity contribution is 9.10. The van der Waals surface area contributed by atoms with Crippen molar-refractivity contribution in [2.75, 3.05) is 12.4 Å². The number of benzene rings is 2. The Hall–Kier alpha value is -1.55. The molecule has 0 spiro atoms. The number of halogens is 2. The van der Waals surface area contributed by atoms with Crippen LogP contribution in [0.3, 0.4) is 0 Å². The second-order valence-electron chi connectivity index (χ2n) is 4.47. The van der Waals surface area contributed by atoms with Crippen LogP contribution in [0.2, 0.25) is 0 Å². The zero-order valence-electron chi connectivity index (χ0n) is 11.5. The lowest BCUT2D eigenvalue weighted by Gasteiger charge is -2.21. The maximum Gasteiger partial charge on any atom is 0.146 e. The summed E-state index contributed by atoms with van der Waals surface area (Å²) in [6.45, 7) is 2.06. The van der Waals surface area contributed by atoms with Crippen LogP contribution in [0, 0.1) is 5.82 Å². The molecule has 0 bridgehead atoms. The van der Waals surface area contributed by atoms with Crippen molar-refractivity contribution in [3.05, 3.63) is 58.3 Å². The number of methoxy groups -OCH3 is 1. The van der Waals surface area contributed by atoms with Gasteiger partial charge in [-0.3, -0.25) is 0 Å². The Morgan fingerprint density at radius 1 is 1.25 bits per heavy atom. The van der Waals surface area contributed by atoms with Gasteiger partial charge >= 0.3 is 0 Å². The van der Waals surface area contributed by atoms with Crippen LogP contribution in [0.15, 0.2) is 46.9 Å². The van der Waals surface area contributed by atoms with Gasteiger partial charge in [-0.25, -0.2) is 4.39 Å². The minimum atomic E-state index is -0.262. The van der Waals surface area contributed by atoms with Crippen molar-refractivity contribution in [1.29, 1.82) is 0 Å². The summed E-state index contributed by atoms with van der Waals surface area (Å²) >= 11 is 3.36. The fourth-order valence-corrected chi connectivity index (χ4v) is 2.51. The molecule has 2 nitrogen and oxygen atoms in total. The van der Waals surface area contributed by atoms with E-state index in [0.717, 1.165) is 22.2 Å². The summed E-state index contributed by atoms with van der Waals surface area (Å²) in [4.78, 5) is 0. The van der Waals surface area contributed by atoms with Gasteiger partial charge in [0.15, 0.2) is 0 Å². The maximum absolute atomic E-state index is 13.8. The van der Waals surface area contributed by atoms with Gasteiger partial charge in [-0.05, 0) is 30.7 Å². The number of ether oxygens (including phenoxy) is 1. The zero-order valence-corrected chi connectivity index (χ0v) is 13.1. The van der Waals surface area contributed by atoms with E-state index in [9.17, 15) is 4.39 Å². The summed E-state index contributed by atoms with van der Waals surface area (Å²) in [6, 6.07) is 12.7. The van der Waals surface area contributed by atoms with Gasteiger partial charge in [0.05, 0.1) is 18.8 Å². The molecule has 0 saturated carbocycles. The number of anilines is 1. The Morgan fingerprint density at radius 3 is 2.70 bits per heavy atom. The molecule has 1 atom stereocenters. The summed E-state index contributed by atoms with van der Waals surface area (Å²) in [5, 5.41) is 3.24. The molecule has 1 N–H and O–H groups in total. The average molecular weight is 338 g/mol. The smallest absolute Gasteiger partial charge is 0.146 e. The van der Waals surface area contributed by atoms with Crippen molar-refractivity contribution >= 4 is 21.6 Å². The Labute approximate surface area is 127 Å². The van der Waals surface area contributed by atoms with E-state index in [-0.39, 0.29) is 11.9 Å². The highest BCUT2D eigenvalue weighted by atomic mass is 79.9. The van der Waals surface area contributed by atoms with Crippen molar-refractivity contribution in [2.45, 2.75) is 19.4 Å². The molecule has 0 amide bonds. The fourth-order valence-electron chi connectivity index (χ4n) is 2.15. The third-order valence-electron chi connectivity index (χ3n) is 3.18. The number of nitrogens with one attached hydrogen (secondary N) is 1. The van der Waals surface area contributed by atoms with Gasteiger partial charge in [0.25, 0.3) is 0 Å². The van der Waals surface area contributed by atoms with E-state index in [0.29, 0.717) is 5.69 Å². The predicted octanol–water partition coefficient (Wildman–Crippen LogP) is 5.16. The molecule has 2 aromatic rings. The Morgan fingerprint density at radius 2 is 2.00 bits per heavy atom. The molecule has 0 aliphatic rings. The highest BCUT2D eigenvalue weighted by Crippen LogP contribution is 2.31. The van der Waals surface area contributed by atoms with Gasteiger partial charge < -0.3 is 10.1 Å². The number of rotatable bonds is 5. The van der Waals surface area contributed by atoms with Crippen molar-refractivity contribution in [1.82, 2.24) is 0 Å². The van der Waals surface area contributed by atoms with Crippen molar-refractivity contribution in [3.63, 3.8) is 0 Å². The third kappa shape index (κ3) is 3.31.